The summed E-state index contributed by atoms with van der Waals surface area (Å²) in [6.07, 6.45) is 1.90. The molecule has 21 heavy (non-hydrogen) atoms. The zero-order valence-corrected chi connectivity index (χ0v) is 13.9. The van der Waals surface area contributed by atoms with Gasteiger partial charge < -0.3 is 14.8 Å². The molecule has 1 aromatic rings. The average molecular weight is 314 g/mol. The Morgan fingerprint density at radius 2 is 2.00 bits per heavy atom. The molecule has 0 aliphatic rings. The number of alkyl halides is 1. The normalized spacial score (nSPS) is 11.1. The zero-order chi connectivity index (χ0) is 15.9. The van der Waals surface area contributed by atoms with Crippen molar-refractivity contribution in [3.63, 3.8) is 0 Å². The molecular formula is C16H24ClNO3. The van der Waals surface area contributed by atoms with Gasteiger partial charge in [-0.2, -0.15) is 0 Å². The van der Waals surface area contributed by atoms with Crippen molar-refractivity contribution >= 4 is 17.5 Å². The highest BCUT2D eigenvalue weighted by atomic mass is 35.5. The molecule has 0 heterocycles. The monoisotopic (exact) mass is 313 g/mol. The topological polar surface area (TPSA) is 47.6 Å². The van der Waals surface area contributed by atoms with Gasteiger partial charge in [-0.25, -0.2) is 0 Å². The highest BCUT2D eigenvalue weighted by Gasteiger charge is 2.21. The Morgan fingerprint density at radius 3 is 2.57 bits per heavy atom. The third-order valence-electron chi connectivity index (χ3n) is 3.36. The highest BCUT2D eigenvalue weighted by Crippen LogP contribution is 2.30. The lowest BCUT2D eigenvalue weighted by molar-refractivity contribution is 0.0931. The van der Waals surface area contributed by atoms with Crippen LogP contribution >= 0.6 is 11.6 Å². The molecule has 0 aliphatic heterocycles. The standard InChI is InChI=1S/C16H24ClNO3/c1-16(2,9-6-10-17)11-18-15(19)12-7-5-8-13(20-3)14(12)21-4/h5,7-8H,6,9-11H2,1-4H3,(H,18,19). The van der Waals surface area contributed by atoms with E-state index in [1.807, 2.05) is 0 Å². The molecule has 1 amide bonds. The Kier molecular flexibility index (Phi) is 6.82. The van der Waals surface area contributed by atoms with Crippen molar-refractivity contribution in [2.45, 2.75) is 26.7 Å². The van der Waals surface area contributed by atoms with Crippen LogP contribution < -0.4 is 14.8 Å². The van der Waals surface area contributed by atoms with E-state index in [4.69, 9.17) is 21.1 Å². The second-order valence-corrected chi connectivity index (χ2v) is 6.06. The van der Waals surface area contributed by atoms with Crippen molar-refractivity contribution in [2.24, 2.45) is 5.41 Å². The Balaban J connectivity index is 2.76. The summed E-state index contributed by atoms with van der Waals surface area (Å²) in [7, 11) is 3.08. The Labute approximate surface area is 131 Å². The molecule has 1 N–H and O–H groups in total. The molecule has 0 saturated heterocycles. The van der Waals surface area contributed by atoms with Gasteiger partial charge in [0.1, 0.15) is 0 Å². The van der Waals surface area contributed by atoms with E-state index < -0.39 is 0 Å². The summed E-state index contributed by atoms with van der Waals surface area (Å²) in [5.74, 6) is 1.48. The lowest BCUT2D eigenvalue weighted by atomic mass is 9.88. The van der Waals surface area contributed by atoms with Crippen LogP contribution in [-0.2, 0) is 0 Å². The van der Waals surface area contributed by atoms with Crippen LogP contribution in [0.25, 0.3) is 0 Å². The maximum atomic E-state index is 12.3. The molecule has 4 nitrogen and oxygen atoms in total. The summed E-state index contributed by atoms with van der Waals surface area (Å²) in [5.41, 5.74) is 0.487. The predicted octanol–water partition coefficient (Wildman–Crippen LogP) is 3.48. The van der Waals surface area contributed by atoms with E-state index in [1.165, 1.54) is 7.11 Å². The number of ether oxygens (including phenoxy) is 2. The smallest absolute Gasteiger partial charge is 0.255 e. The lowest BCUT2D eigenvalue weighted by Gasteiger charge is -2.24. The summed E-state index contributed by atoms with van der Waals surface area (Å²) >= 11 is 5.72. The van der Waals surface area contributed by atoms with Crippen LogP contribution in [0.4, 0.5) is 0 Å². The number of nitrogens with one attached hydrogen (secondary N) is 1. The Morgan fingerprint density at radius 1 is 1.29 bits per heavy atom. The van der Waals surface area contributed by atoms with Crippen molar-refractivity contribution in [2.75, 3.05) is 26.6 Å². The maximum absolute atomic E-state index is 12.3. The quantitative estimate of drug-likeness (QED) is 0.747. The molecule has 0 unspecified atom stereocenters. The van der Waals surface area contributed by atoms with E-state index in [2.05, 4.69) is 19.2 Å². The van der Waals surface area contributed by atoms with E-state index in [1.54, 1.807) is 25.3 Å². The fourth-order valence-electron chi connectivity index (χ4n) is 2.11. The molecule has 0 bridgehead atoms. The first-order valence-corrected chi connectivity index (χ1v) is 7.54. The van der Waals surface area contributed by atoms with Crippen molar-refractivity contribution in [3.05, 3.63) is 23.8 Å². The number of hydrogen-bond acceptors (Lipinski definition) is 3. The summed E-state index contributed by atoms with van der Waals surface area (Å²) in [4.78, 5) is 12.3. The maximum Gasteiger partial charge on any atom is 0.255 e. The molecule has 0 aliphatic carbocycles. The van der Waals surface area contributed by atoms with Crippen LogP contribution in [-0.4, -0.2) is 32.6 Å². The summed E-state index contributed by atoms with van der Waals surface area (Å²) in [6.45, 7) is 4.81. The van der Waals surface area contributed by atoms with Crippen molar-refractivity contribution in [3.8, 4) is 11.5 Å². The Hall–Kier alpha value is -1.42. The van der Waals surface area contributed by atoms with Gasteiger partial charge >= 0.3 is 0 Å². The number of benzene rings is 1. The van der Waals surface area contributed by atoms with Gasteiger partial charge in [0, 0.05) is 12.4 Å². The molecule has 0 fully saturated rings. The minimum Gasteiger partial charge on any atom is -0.493 e. The van der Waals surface area contributed by atoms with Crippen LogP contribution in [0.5, 0.6) is 11.5 Å². The number of para-hydroxylation sites is 1. The van der Waals surface area contributed by atoms with Gasteiger partial charge in [0.05, 0.1) is 19.8 Å². The second-order valence-electron chi connectivity index (χ2n) is 5.68. The third-order valence-corrected chi connectivity index (χ3v) is 3.63. The Bertz CT molecular complexity index is 475. The summed E-state index contributed by atoms with van der Waals surface area (Å²) < 4.78 is 10.5. The minimum atomic E-state index is -0.162. The van der Waals surface area contributed by atoms with E-state index >= 15 is 0 Å². The van der Waals surface area contributed by atoms with Gasteiger partial charge in [-0.3, -0.25) is 4.79 Å². The minimum absolute atomic E-state index is 0.0106. The molecule has 118 valence electrons. The van der Waals surface area contributed by atoms with E-state index in [9.17, 15) is 4.79 Å². The second kappa shape index (κ2) is 8.13. The first kappa shape index (κ1) is 17.6. The molecule has 0 spiro atoms. The number of carbonyl (C=O) groups excluding carboxylic acids is 1. The number of methoxy groups -OCH3 is 2. The molecule has 0 atom stereocenters. The van der Waals surface area contributed by atoms with Crippen molar-refractivity contribution < 1.29 is 14.3 Å². The van der Waals surface area contributed by atoms with Gasteiger partial charge in [-0.15, -0.1) is 11.6 Å². The van der Waals surface area contributed by atoms with Crippen LogP contribution in [0, 0.1) is 5.41 Å². The van der Waals surface area contributed by atoms with E-state index in [0.717, 1.165) is 12.8 Å². The van der Waals surface area contributed by atoms with Crippen LogP contribution in [0.2, 0.25) is 0 Å². The summed E-state index contributed by atoms with van der Waals surface area (Å²) in [5, 5.41) is 2.96. The van der Waals surface area contributed by atoms with E-state index in [0.29, 0.717) is 29.5 Å². The fourth-order valence-corrected chi connectivity index (χ4v) is 2.25. The van der Waals surface area contributed by atoms with Gasteiger partial charge in [0.25, 0.3) is 5.91 Å². The average Bonchev–Trinajstić information content (AvgIpc) is 2.49. The van der Waals surface area contributed by atoms with Gasteiger partial charge in [-0.1, -0.05) is 19.9 Å². The molecule has 5 heteroatoms. The number of hydrogen-bond donors (Lipinski definition) is 1. The van der Waals surface area contributed by atoms with Gasteiger partial charge in [-0.05, 0) is 30.4 Å². The number of amides is 1. The van der Waals surface area contributed by atoms with Gasteiger partial charge in [0.15, 0.2) is 11.5 Å². The van der Waals surface area contributed by atoms with Crippen molar-refractivity contribution in [1.82, 2.24) is 5.32 Å². The van der Waals surface area contributed by atoms with Crippen LogP contribution in [0.15, 0.2) is 18.2 Å². The first-order chi connectivity index (χ1) is 9.95. The van der Waals surface area contributed by atoms with Crippen LogP contribution in [0.3, 0.4) is 0 Å². The molecule has 1 rings (SSSR count). The third kappa shape index (κ3) is 5.12. The lowest BCUT2D eigenvalue weighted by Crippen LogP contribution is -2.34. The first-order valence-electron chi connectivity index (χ1n) is 7.00. The number of carbonyl (C=O) groups is 1. The van der Waals surface area contributed by atoms with Gasteiger partial charge in [0.2, 0.25) is 0 Å². The van der Waals surface area contributed by atoms with Crippen molar-refractivity contribution in [1.29, 1.82) is 0 Å². The molecule has 0 saturated carbocycles. The molecule has 0 radical (unpaired) electrons. The van der Waals surface area contributed by atoms with E-state index in [-0.39, 0.29) is 11.3 Å². The highest BCUT2D eigenvalue weighted by molar-refractivity contribution is 6.17. The zero-order valence-electron chi connectivity index (χ0n) is 13.2. The molecule has 1 aromatic carbocycles. The fraction of sp³-hybridized carbons (Fsp3) is 0.562. The van der Waals surface area contributed by atoms with Crippen LogP contribution in [0.1, 0.15) is 37.0 Å². The summed E-state index contributed by atoms with van der Waals surface area (Å²) in [6, 6.07) is 5.26. The SMILES string of the molecule is COc1cccc(C(=O)NCC(C)(C)CCCCl)c1OC. The largest absolute Gasteiger partial charge is 0.493 e. The molecule has 0 aromatic heterocycles. The number of halogens is 1. The predicted molar refractivity (Wildman–Crippen MR) is 85.6 cm³/mol. The number of rotatable bonds is 8. The molecular weight excluding hydrogens is 290 g/mol.